The molecule has 12 heteroatoms. The molecule has 2 N–H and O–H groups in total. The van der Waals surface area contributed by atoms with E-state index < -0.39 is 21.2 Å². The molecule has 1 fully saturated rings. The van der Waals surface area contributed by atoms with Crippen LogP contribution in [0.25, 0.3) is 11.0 Å². The third-order valence-corrected chi connectivity index (χ3v) is 7.77. The first-order chi connectivity index (χ1) is 18.6. The third kappa shape index (κ3) is 5.52. The van der Waals surface area contributed by atoms with Crippen molar-refractivity contribution in [3.05, 3.63) is 82.0 Å². The van der Waals surface area contributed by atoms with Crippen LogP contribution in [0.1, 0.15) is 22.8 Å². The highest BCUT2D eigenvalue weighted by Gasteiger charge is 2.19. The van der Waals surface area contributed by atoms with Crippen LogP contribution >= 0.6 is 0 Å². The smallest absolute Gasteiger partial charge is 0.263 e. The van der Waals surface area contributed by atoms with Gasteiger partial charge in [0.15, 0.2) is 15.6 Å². The Balaban J connectivity index is 1.55. The van der Waals surface area contributed by atoms with Gasteiger partial charge in [-0.15, -0.1) is 0 Å². The maximum Gasteiger partial charge on any atom is 0.263 e. The summed E-state index contributed by atoms with van der Waals surface area (Å²) in [6.45, 7) is 4.13. The zero-order valence-electron chi connectivity index (χ0n) is 21.4. The van der Waals surface area contributed by atoms with Gasteiger partial charge in [-0.25, -0.2) is 17.8 Å². The average Bonchev–Trinajstić information content (AvgIpc) is 2.90. The van der Waals surface area contributed by atoms with Crippen molar-refractivity contribution in [3.8, 4) is 0 Å². The number of carbonyl (C=O) groups excluding carboxylic acids is 1. The summed E-state index contributed by atoms with van der Waals surface area (Å²) in [5.74, 6) is -0.714. The first-order valence-electron chi connectivity index (χ1n) is 12.3. The first-order valence-corrected chi connectivity index (χ1v) is 14.2. The molecule has 0 amide bonds. The number of nitrogens with one attached hydrogen (secondary N) is 2. The lowest BCUT2D eigenvalue weighted by Crippen LogP contribution is -2.43. The molecule has 1 saturated heterocycles. The fraction of sp³-hybridized carbons (Fsp3) is 0.259. The number of aromatic nitrogens is 3. The van der Waals surface area contributed by atoms with E-state index in [0.29, 0.717) is 35.4 Å². The fourth-order valence-corrected chi connectivity index (χ4v) is 5.60. The summed E-state index contributed by atoms with van der Waals surface area (Å²) in [6, 6.07) is 12.6. The number of nitrogens with zero attached hydrogens (tertiary/aromatic N) is 4. The molecule has 2 aromatic carbocycles. The number of carbonyl (C=O) groups is 1. The summed E-state index contributed by atoms with van der Waals surface area (Å²) in [4.78, 5) is 36.4. The van der Waals surface area contributed by atoms with Gasteiger partial charge in [-0.2, -0.15) is 4.98 Å². The zero-order valence-corrected chi connectivity index (χ0v) is 22.3. The van der Waals surface area contributed by atoms with Gasteiger partial charge in [0.05, 0.1) is 22.7 Å². The molecule has 1 aliphatic rings. The van der Waals surface area contributed by atoms with Gasteiger partial charge in [-0.3, -0.25) is 14.2 Å². The lowest BCUT2D eigenvalue weighted by Gasteiger charge is -2.29. The molecule has 10 nitrogen and oxygen atoms in total. The number of fused-ring (bicyclic) bond motifs is 1. The highest BCUT2D eigenvalue weighted by Crippen LogP contribution is 2.25. The molecule has 0 atom stereocenters. The number of hydrogen-bond acceptors (Lipinski definition) is 9. The Bertz CT molecular complexity index is 1750. The second kappa shape index (κ2) is 10.5. The molecule has 0 bridgehead atoms. The van der Waals surface area contributed by atoms with Gasteiger partial charge in [0.25, 0.3) is 5.56 Å². The van der Waals surface area contributed by atoms with Crippen molar-refractivity contribution in [1.29, 1.82) is 0 Å². The molecule has 5 rings (SSSR count). The summed E-state index contributed by atoms with van der Waals surface area (Å²) in [5.41, 5.74) is 0.842. The number of sulfone groups is 1. The van der Waals surface area contributed by atoms with Gasteiger partial charge in [0.1, 0.15) is 11.5 Å². The number of pyridine rings is 1. The lowest BCUT2D eigenvalue weighted by molar-refractivity contribution is 0.101. The van der Waals surface area contributed by atoms with Crippen molar-refractivity contribution in [3.63, 3.8) is 0 Å². The highest BCUT2D eigenvalue weighted by molar-refractivity contribution is 7.90. The van der Waals surface area contributed by atoms with E-state index in [9.17, 15) is 22.4 Å². The van der Waals surface area contributed by atoms with Crippen LogP contribution in [0.4, 0.5) is 21.7 Å². The summed E-state index contributed by atoms with van der Waals surface area (Å²) < 4.78 is 40.9. The zero-order chi connectivity index (χ0) is 27.7. The van der Waals surface area contributed by atoms with Gasteiger partial charge in [0.2, 0.25) is 5.95 Å². The van der Waals surface area contributed by atoms with E-state index in [1.165, 1.54) is 35.9 Å². The minimum Gasteiger partial charge on any atom is -0.367 e. The minimum atomic E-state index is -3.58. The number of hydrogen-bond donors (Lipinski definition) is 2. The van der Waals surface area contributed by atoms with Crippen molar-refractivity contribution in [1.82, 2.24) is 19.9 Å². The first kappa shape index (κ1) is 26.4. The maximum atomic E-state index is 14.9. The highest BCUT2D eigenvalue weighted by atomic mass is 32.2. The molecular weight excluding hydrogens is 523 g/mol. The van der Waals surface area contributed by atoms with Gasteiger partial charge in [-0.1, -0.05) is 18.2 Å². The standard InChI is InChI=1S/C27H27FN6O4S/c1-17(35)21-13-19-15-30-27(31-20-7-8-23(22(28)14-20)33-11-9-29-10-12-33)32-25(19)34(26(21)36)16-18-5-3-4-6-24(18)39(2,37)38/h3-8,13-15,29H,9-12,16H2,1-2H3,(H,30,31,32). The second-order valence-corrected chi connectivity index (χ2v) is 11.4. The summed E-state index contributed by atoms with van der Waals surface area (Å²) in [6.07, 6.45) is 2.55. The Labute approximate surface area is 224 Å². The number of ketones is 1. The van der Waals surface area contributed by atoms with Crippen molar-refractivity contribution >= 4 is 44.0 Å². The average molecular weight is 551 g/mol. The molecular formula is C27H27FN6O4S. The molecule has 0 aliphatic carbocycles. The monoisotopic (exact) mass is 550 g/mol. The van der Waals surface area contributed by atoms with Gasteiger partial charge in [0, 0.05) is 49.7 Å². The van der Waals surface area contributed by atoms with E-state index in [-0.39, 0.29) is 34.4 Å². The van der Waals surface area contributed by atoms with Crippen LogP contribution in [0.3, 0.4) is 0 Å². The Morgan fingerprint density at radius 1 is 1.13 bits per heavy atom. The predicted molar refractivity (Wildman–Crippen MR) is 147 cm³/mol. The number of benzene rings is 2. The molecule has 1 aliphatic heterocycles. The van der Waals surface area contributed by atoms with Crippen molar-refractivity contribution in [2.24, 2.45) is 0 Å². The molecule has 3 heterocycles. The van der Waals surface area contributed by atoms with Gasteiger partial charge >= 0.3 is 0 Å². The number of piperazine rings is 1. The second-order valence-electron chi connectivity index (χ2n) is 9.39. The maximum absolute atomic E-state index is 14.9. The quantitative estimate of drug-likeness (QED) is 0.334. The predicted octanol–water partition coefficient (Wildman–Crippen LogP) is 2.74. The Morgan fingerprint density at radius 2 is 1.87 bits per heavy atom. The number of rotatable bonds is 7. The Kier molecular flexibility index (Phi) is 7.15. The van der Waals surface area contributed by atoms with Crippen molar-refractivity contribution in [2.75, 3.05) is 42.7 Å². The van der Waals surface area contributed by atoms with E-state index in [0.717, 1.165) is 19.3 Å². The van der Waals surface area contributed by atoms with Crippen molar-refractivity contribution in [2.45, 2.75) is 18.4 Å². The summed E-state index contributed by atoms with van der Waals surface area (Å²) >= 11 is 0. The molecule has 0 radical (unpaired) electrons. The van der Waals surface area contributed by atoms with Gasteiger partial charge in [-0.05, 0) is 42.8 Å². The van der Waals surface area contributed by atoms with Crippen molar-refractivity contribution < 1.29 is 17.6 Å². The molecule has 0 spiro atoms. The van der Waals surface area contributed by atoms with Crippen LogP contribution in [0.2, 0.25) is 0 Å². The Hall–Kier alpha value is -4.16. The van der Waals surface area contributed by atoms with E-state index >= 15 is 0 Å². The molecule has 202 valence electrons. The number of halogens is 1. The van der Waals surface area contributed by atoms with E-state index in [4.69, 9.17) is 0 Å². The van der Waals surface area contributed by atoms with E-state index in [1.54, 1.807) is 30.3 Å². The normalized spacial score (nSPS) is 14.0. The Morgan fingerprint density at radius 3 is 2.56 bits per heavy atom. The molecule has 4 aromatic rings. The van der Waals surface area contributed by atoms with E-state index in [1.807, 2.05) is 4.90 Å². The van der Waals surface area contributed by atoms with Crippen LogP contribution in [0.5, 0.6) is 0 Å². The fourth-order valence-electron chi connectivity index (χ4n) is 4.66. The van der Waals surface area contributed by atoms with Crippen LogP contribution in [0.15, 0.2) is 64.4 Å². The molecule has 39 heavy (non-hydrogen) atoms. The largest absolute Gasteiger partial charge is 0.367 e. The molecule has 0 saturated carbocycles. The van der Waals surface area contributed by atoms with Crippen LogP contribution in [-0.2, 0) is 16.4 Å². The van der Waals surface area contributed by atoms with E-state index in [2.05, 4.69) is 20.6 Å². The van der Waals surface area contributed by atoms with Crippen LogP contribution < -0.4 is 21.1 Å². The lowest BCUT2D eigenvalue weighted by atomic mass is 10.1. The third-order valence-electron chi connectivity index (χ3n) is 6.57. The summed E-state index contributed by atoms with van der Waals surface area (Å²) in [5, 5.41) is 6.64. The topological polar surface area (TPSA) is 126 Å². The van der Waals surface area contributed by atoms with Crippen LogP contribution in [-0.4, -0.2) is 61.2 Å². The molecule has 0 unspecified atom stereocenters. The number of anilines is 3. The SMILES string of the molecule is CC(=O)c1cc2cnc(Nc3ccc(N4CCNCC4)c(F)c3)nc2n(Cc2ccccc2S(C)(=O)=O)c1=O. The van der Waals surface area contributed by atoms with Crippen LogP contribution in [0, 0.1) is 5.82 Å². The number of Topliss-reactive ketones (excluding diaryl/α,β-unsaturated/α-hetero) is 1. The summed E-state index contributed by atoms with van der Waals surface area (Å²) in [7, 11) is -3.58. The molecule has 2 aromatic heterocycles. The van der Waals surface area contributed by atoms with Gasteiger partial charge < -0.3 is 15.5 Å². The minimum absolute atomic E-state index is 0.0609.